The normalized spacial score (nSPS) is 11.9. The molecule has 104 valence electrons. The van der Waals surface area contributed by atoms with Gasteiger partial charge >= 0.3 is 0 Å². The number of nitro benzene ring substituents is 1. The lowest BCUT2D eigenvalue weighted by molar-refractivity contribution is -0.385. The minimum Gasteiger partial charge on any atom is -0.311 e. The van der Waals surface area contributed by atoms with Crippen LogP contribution in [0.2, 0.25) is 0 Å². The number of nitrogens with one attached hydrogen (secondary N) is 1. The van der Waals surface area contributed by atoms with Gasteiger partial charge in [-0.05, 0) is 18.9 Å². The number of hydrogen-bond acceptors (Lipinski definition) is 3. The van der Waals surface area contributed by atoms with E-state index in [9.17, 15) is 10.1 Å². The van der Waals surface area contributed by atoms with Gasteiger partial charge in [0, 0.05) is 24.2 Å². The van der Waals surface area contributed by atoms with Crippen molar-refractivity contribution >= 4 is 11.8 Å². The number of nitro groups is 1. The van der Waals surface area contributed by atoms with Crippen LogP contribution in [0.4, 0.5) is 5.69 Å². The van der Waals surface area contributed by atoms with Gasteiger partial charge in [0.2, 0.25) is 0 Å². The largest absolute Gasteiger partial charge is 0.311 e. The van der Waals surface area contributed by atoms with Crippen molar-refractivity contribution in [3.8, 4) is 0 Å². The van der Waals surface area contributed by atoms with E-state index in [1.807, 2.05) is 12.1 Å². The first-order valence-corrected chi connectivity index (χ1v) is 6.62. The number of nitrogens with zero attached hydrogens (tertiary/aromatic N) is 1. The number of benzene rings is 1. The molecule has 0 fully saturated rings. The number of rotatable bonds is 6. The molecule has 0 unspecified atom stereocenters. The van der Waals surface area contributed by atoms with E-state index in [4.69, 9.17) is 0 Å². The van der Waals surface area contributed by atoms with Gasteiger partial charge in [-0.15, -0.1) is 0 Å². The highest BCUT2D eigenvalue weighted by Gasteiger charge is 2.10. The van der Waals surface area contributed by atoms with Crippen molar-refractivity contribution in [2.24, 2.45) is 0 Å². The monoisotopic (exact) mass is 262 g/mol. The molecule has 0 spiro atoms. The highest BCUT2D eigenvalue weighted by Crippen LogP contribution is 2.21. The van der Waals surface area contributed by atoms with Crippen LogP contribution in [0.25, 0.3) is 6.08 Å². The van der Waals surface area contributed by atoms with Gasteiger partial charge in [-0.2, -0.15) is 0 Å². The van der Waals surface area contributed by atoms with Gasteiger partial charge in [-0.25, -0.2) is 0 Å². The average molecular weight is 262 g/mol. The molecule has 4 heteroatoms. The summed E-state index contributed by atoms with van der Waals surface area (Å²) in [7, 11) is 0. The second-order valence-corrected chi connectivity index (χ2v) is 4.99. The summed E-state index contributed by atoms with van der Waals surface area (Å²) in [5.41, 5.74) is 3.01. The summed E-state index contributed by atoms with van der Waals surface area (Å²) in [5, 5.41) is 14.3. The quantitative estimate of drug-likeness (QED) is 0.628. The molecule has 0 aliphatic heterocycles. The highest BCUT2D eigenvalue weighted by molar-refractivity contribution is 5.58. The molecular formula is C15H22N2O2. The molecule has 1 N–H and O–H groups in total. The summed E-state index contributed by atoms with van der Waals surface area (Å²) in [5.74, 6) is 0. The van der Waals surface area contributed by atoms with Crippen molar-refractivity contribution < 1.29 is 4.92 Å². The van der Waals surface area contributed by atoms with Crippen molar-refractivity contribution in [2.45, 2.75) is 40.2 Å². The molecule has 1 aromatic rings. The van der Waals surface area contributed by atoms with Gasteiger partial charge in [0.1, 0.15) is 0 Å². The Morgan fingerprint density at radius 3 is 2.68 bits per heavy atom. The van der Waals surface area contributed by atoms with Crippen molar-refractivity contribution in [2.75, 3.05) is 6.54 Å². The standard InChI is InChI=1S/C15H22N2O2/c1-5-13(10-16-11(2)3)8-14-7-6-12(4)15(9-14)17(18)19/h6-9,11,16H,5,10H2,1-4H3. The van der Waals surface area contributed by atoms with Gasteiger partial charge in [-0.1, -0.05) is 44.6 Å². The predicted octanol–water partition coefficient (Wildman–Crippen LogP) is 3.69. The molecule has 0 aliphatic carbocycles. The minimum atomic E-state index is -0.329. The summed E-state index contributed by atoms with van der Waals surface area (Å²) in [4.78, 5) is 10.6. The average Bonchev–Trinajstić information content (AvgIpc) is 2.35. The number of aryl methyl sites for hydroxylation is 1. The van der Waals surface area contributed by atoms with Crippen LogP contribution in [-0.2, 0) is 0 Å². The molecule has 0 bridgehead atoms. The lowest BCUT2D eigenvalue weighted by Gasteiger charge is -2.10. The summed E-state index contributed by atoms with van der Waals surface area (Å²) >= 11 is 0. The Morgan fingerprint density at radius 2 is 2.16 bits per heavy atom. The van der Waals surface area contributed by atoms with Crippen LogP contribution in [0.15, 0.2) is 23.8 Å². The van der Waals surface area contributed by atoms with Gasteiger partial charge < -0.3 is 5.32 Å². The molecule has 1 aromatic carbocycles. The molecule has 0 saturated heterocycles. The van der Waals surface area contributed by atoms with Crippen LogP contribution in [0, 0.1) is 17.0 Å². The van der Waals surface area contributed by atoms with Crippen LogP contribution in [0.5, 0.6) is 0 Å². The lowest BCUT2D eigenvalue weighted by atomic mass is 10.1. The Morgan fingerprint density at radius 1 is 1.47 bits per heavy atom. The summed E-state index contributed by atoms with van der Waals surface area (Å²) < 4.78 is 0. The third-order valence-electron chi connectivity index (χ3n) is 2.99. The minimum absolute atomic E-state index is 0.182. The highest BCUT2D eigenvalue weighted by atomic mass is 16.6. The van der Waals surface area contributed by atoms with Gasteiger partial charge in [-0.3, -0.25) is 10.1 Å². The first-order valence-electron chi connectivity index (χ1n) is 6.62. The third-order valence-corrected chi connectivity index (χ3v) is 2.99. The van der Waals surface area contributed by atoms with Crippen LogP contribution >= 0.6 is 0 Å². The first kappa shape index (κ1) is 15.4. The third kappa shape index (κ3) is 4.83. The van der Waals surface area contributed by atoms with Gasteiger partial charge in [0.25, 0.3) is 5.69 Å². The Bertz CT molecular complexity index is 479. The van der Waals surface area contributed by atoms with Crippen molar-refractivity contribution in [3.05, 3.63) is 45.0 Å². The second-order valence-electron chi connectivity index (χ2n) is 4.99. The van der Waals surface area contributed by atoms with E-state index in [0.29, 0.717) is 11.6 Å². The van der Waals surface area contributed by atoms with E-state index in [-0.39, 0.29) is 10.6 Å². The molecule has 0 radical (unpaired) electrons. The lowest BCUT2D eigenvalue weighted by Crippen LogP contribution is -2.24. The SMILES string of the molecule is CCC(=Cc1ccc(C)c([N+](=O)[O-])c1)CNC(C)C. The zero-order chi connectivity index (χ0) is 14.4. The fraction of sp³-hybridized carbons (Fsp3) is 0.467. The van der Waals surface area contributed by atoms with E-state index >= 15 is 0 Å². The maximum Gasteiger partial charge on any atom is 0.272 e. The number of hydrogen-bond donors (Lipinski definition) is 1. The van der Waals surface area contributed by atoms with E-state index in [2.05, 4.69) is 26.1 Å². The molecule has 4 nitrogen and oxygen atoms in total. The fourth-order valence-corrected chi connectivity index (χ4v) is 1.76. The zero-order valence-electron chi connectivity index (χ0n) is 12.1. The summed E-state index contributed by atoms with van der Waals surface area (Å²) in [6.45, 7) is 8.87. The predicted molar refractivity (Wildman–Crippen MR) is 79.2 cm³/mol. The molecule has 0 saturated carbocycles. The van der Waals surface area contributed by atoms with E-state index in [1.54, 1.807) is 19.1 Å². The summed E-state index contributed by atoms with van der Waals surface area (Å²) in [6.07, 6.45) is 2.96. The Hall–Kier alpha value is -1.68. The van der Waals surface area contributed by atoms with Crippen LogP contribution < -0.4 is 5.32 Å². The van der Waals surface area contributed by atoms with Crippen LogP contribution in [-0.4, -0.2) is 17.5 Å². The van der Waals surface area contributed by atoms with Crippen LogP contribution in [0.3, 0.4) is 0 Å². The van der Waals surface area contributed by atoms with Crippen molar-refractivity contribution in [1.29, 1.82) is 0 Å². The molecule has 0 atom stereocenters. The molecule has 0 amide bonds. The van der Waals surface area contributed by atoms with Crippen LogP contribution in [0.1, 0.15) is 38.3 Å². The molecular weight excluding hydrogens is 240 g/mol. The Labute approximate surface area is 114 Å². The molecule has 1 rings (SSSR count). The zero-order valence-corrected chi connectivity index (χ0v) is 12.1. The first-order chi connectivity index (χ1) is 8.93. The molecule has 19 heavy (non-hydrogen) atoms. The smallest absolute Gasteiger partial charge is 0.272 e. The van der Waals surface area contributed by atoms with Gasteiger partial charge in [0.15, 0.2) is 0 Å². The Balaban J connectivity index is 2.95. The maximum atomic E-state index is 10.9. The molecule has 0 aromatic heterocycles. The maximum absolute atomic E-state index is 10.9. The van der Waals surface area contributed by atoms with Gasteiger partial charge in [0.05, 0.1) is 4.92 Å². The van der Waals surface area contributed by atoms with E-state index in [0.717, 1.165) is 18.5 Å². The van der Waals surface area contributed by atoms with Crippen molar-refractivity contribution in [3.63, 3.8) is 0 Å². The van der Waals surface area contributed by atoms with Crippen molar-refractivity contribution in [1.82, 2.24) is 5.32 Å². The second kappa shape index (κ2) is 7.04. The fourth-order valence-electron chi connectivity index (χ4n) is 1.76. The van der Waals surface area contributed by atoms with E-state index in [1.165, 1.54) is 5.57 Å². The summed E-state index contributed by atoms with van der Waals surface area (Å²) in [6, 6.07) is 5.79. The molecule has 0 aliphatic rings. The molecule has 0 heterocycles. The Kier molecular flexibility index (Phi) is 5.70. The van der Waals surface area contributed by atoms with E-state index < -0.39 is 0 Å². The topological polar surface area (TPSA) is 55.2 Å².